The number of ether oxygens (including phenoxy) is 2. The average molecular weight is 335 g/mol. The summed E-state index contributed by atoms with van der Waals surface area (Å²) in [4.78, 5) is 36.2. The first-order valence-corrected chi connectivity index (χ1v) is 7.83. The van der Waals surface area contributed by atoms with Gasteiger partial charge in [-0.1, -0.05) is 18.2 Å². The lowest BCUT2D eigenvalue weighted by Gasteiger charge is -2.27. The predicted molar refractivity (Wildman–Crippen MR) is 84.5 cm³/mol. The zero-order valence-corrected chi connectivity index (χ0v) is 13.5. The van der Waals surface area contributed by atoms with Crippen LogP contribution in [0.3, 0.4) is 0 Å². The van der Waals surface area contributed by atoms with Gasteiger partial charge in [0.25, 0.3) is 0 Å². The summed E-state index contributed by atoms with van der Waals surface area (Å²) in [6.45, 7) is 0.854. The normalized spacial score (nSPS) is 19.3. The van der Waals surface area contributed by atoms with E-state index in [0.717, 1.165) is 26.5 Å². The minimum absolute atomic E-state index is 0.101. The van der Waals surface area contributed by atoms with E-state index in [1.54, 1.807) is 18.2 Å². The van der Waals surface area contributed by atoms with E-state index in [9.17, 15) is 19.5 Å². The first-order valence-electron chi connectivity index (χ1n) is 7.83. The van der Waals surface area contributed by atoms with Crippen molar-refractivity contribution < 1.29 is 29.0 Å². The summed E-state index contributed by atoms with van der Waals surface area (Å²) in [6, 6.07) is 8.05. The first kappa shape index (κ1) is 17.9. The highest BCUT2D eigenvalue weighted by Crippen LogP contribution is 2.26. The molecule has 2 N–H and O–H groups in total. The van der Waals surface area contributed by atoms with Crippen LogP contribution in [0.4, 0.5) is 0 Å². The highest BCUT2D eigenvalue weighted by Gasteiger charge is 2.52. The number of carbonyl (C=O) groups excluding carboxylic acids is 2. The van der Waals surface area contributed by atoms with E-state index in [1.807, 2.05) is 0 Å². The van der Waals surface area contributed by atoms with Crippen molar-refractivity contribution in [2.45, 2.75) is 37.3 Å². The van der Waals surface area contributed by atoms with Gasteiger partial charge in [-0.3, -0.25) is 0 Å². The number of hydrogen-bond donors (Lipinski definition) is 2. The number of carboxylic acids is 1. The molecule has 1 aromatic rings. The molecule has 0 aliphatic carbocycles. The molecular formula is C17H21NO6. The molecule has 1 heterocycles. The molecule has 130 valence electrons. The quantitative estimate of drug-likeness (QED) is 0.573. The Bertz CT molecular complexity index is 596. The van der Waals surface area contributed by atoms with Gasteiger partial charge in [0, 0.05) is 12.5 Å². The molecule has 1 fully saturated rings. The third-order valence-electron chi connectivity index (χ3n) is 4.14. The zero-order valence-electron chi connectivity index (χ0n) is 13.5. The number of methoxy groups -OCH3 is 1. The molecule has 2 rings (SSSR count). The van der Waals surface area contributed by atoms with Crippen molar-refractivity contribution in [3.8, 4) is 0 Å². The smallest absolute Gasteiger partial charge is 0.362 e. The molecule has 1 saturated heterocycles. The Balaban J connectivity index is 2.21. The molecular weight excluding hydrogens is 314 g/mol. The van der Waals surface area contributed by atoms with Crippen LogP contribution < -0.4 is 5.32 Å². The third kappa shape index (κ3) is 3.91. The fourth-order valence-electron chi connectivity index (χ4n) is 2.77. The topological polar surface area (TPSA) is 102 Å². The van der Waals surface area contributed by atoms with E-state index in [-0.39, 0.29) is 18.0 Å². The summed E-state index contributed by atoms with van der Waals surface area (Å²) < 4.78 is 9.77. The summed E-state index contributed by atoms with van der Waals surface area (Å²) in [5.74, 6) is -3.49. The summed E-state index contributed by atoms with van der Waals surface area (Å²) >= 11 is 0. The minimum Gasteiger partial charge on any atom is -0.478 e. The summed E-state index contributed by atoms with van der Waals surface area (Å²) in [5, 5.41) is 12.8. The van der Waals surface area contributed by atoms with Crippen LogP contribution in [0.2, 0.25) is 0 Å². The van der Waals surface area contributed by atoms with Crippen molar-refractivity contribution in [3.05, 3.63) is 35.9 Å². The lowest BCUT2D eigenvalue weighted by molar-refractivity contribution is -0.179. The fourth-order valence-corrected chi connectivity index (χ4v) is 2.77. The average Bonchev–Trinajstić information content (AvgIpc) is 3.11. The van der Waals surface area contributed by atoms with Crippen LogP contribution in [-0.4, -0.2) is 48.3 Å². The van der Waals surface area contributed by atoms with E-state index < -0.39 is 23.5 Å². The molecule has 0 bridgehead atoms. The third-order valence-corrected chi connectivity index (χ3v) is 4.14. The van der Waals surface area contributed by atoms with Crippen molar-refractivity contribution in [3.63, 3.8) is 0 Å². The monoisotopic (exact) mass is 335 g/mol. The Kier molecular flexibility index (Phi) is 5.92. The van der Waals surface area contributed by atoms with Crippen LogP contribution in [0.5, 0.6) is 0 Å². The highest BCUT2D eigenvalue weighted by atomic mass is 16.6. The maximum absolute atomic E-state index is 12.3. The van der Waals surface area contributed by atoms with Crippen LogP contribution in [-0.2, 0) is 19.1 Å². The van der Waals surface area contributed by atoms with E-state index in [2.05, 4.69) is 10.1 Å². The Hall–Kier alpha value is -2.41. The molecule has 7 heteroatoms. The Morgan fingerprint density at radius 2 is 2.00 bits per heavy atom. The Labute approximate surface area is 139 Å². The number of carbonyl (C=O) groups is 3. The van der Waals surface area contributed by atoms with Gasteiger partial charge in [0.05, 0.1) is 12.7 Å². The maximum Gasteiger partial charge on any atom is 0.362 e. The molecule has 1 aliphatic rings. The molecule has 0 radical (unpaired) electrons. The largest absolute Gasteiger partial charge is 0.478 e. The summed E-state index contributed by atoms with van der Waals surface area (Å²) in [6.07, 6.45) is 2.13. The van der Waals surface area contributed by atoms with Gasteiger partial charge < -0.3 is 19.9 Å². The molecule has 0 spiro atoms. The SMILES string of the molecule is COC(=O)[C@@](CCC1CCCN1)(OC(=O)c1ccccc1)C(=O)O. The molecule has 0 aromatic heterocycles. The fraction of sp³-hybridized carbons (Fsp3) is 0.471. The van der Waals surface area contributed by atoms with Crippen molar-refractivity contribution in [1.82, 2.24) is 5.32 Å². The molecule has 24 heavy (non-hydrogen) atoms. The van der Waals surface area contributed by atoms with Crippen molar-refractivity contribution in [2.75, 3.05) is 13.7 Å². The second-order valence-corrected chi connectivity index (χ2v) is 5.71. The van der Waals surface area contributed by atoms with Gasteiger partial charge in [-0.2, -0.15) is 0 Å². The van der Waals surface area contributed by atoms with E-state index in [0.29, 0.717) is 6.42 Å². The van der Waals surface area contributed by atoms with Gasteiger partial charge >= 0.3 is 23.5 Å². The molecule has 2 atom stereocenters. The van der Waals surface area contributed by atoms with Crippen LogP contribution in [0.25, 0.3) is 0 Å². The van der Waals surface area contributed by atoms with Crippen molar-refractivity contribution in [2.24, 2.45) is 0 Å². The standard InChI is InChI=1S/C17H21NO6/c1-23-16(22)17(15(20)21,10-9-13-8-5-11-18-13)24-14(19)12-6-3-2-4-7-12/h2-4,6-7,13,18H,5,8-11H2,1H3,(H,20,21)/t13?,17-/m0/s1. The number of rotatable bonds is 7. The number of nitrogens with one attached hydrogen (secondary N) is 1. The van der Waals surface area contributed by atoms with Gasteiger partial charge in [-0.25, -0.2) is 14.4 Å². The van der Waals surface area contributed by atoms with Gasteiger partial charge in [0.2, 0.25) is 0 Å². The maximum atomic E-state index is 12.3. The molecule has 0 amide bonds. The molecule has 1 aromatic carbocycles. The Morgan fingerprint density at radius 1 is 1.29 bits per heavy atom. The number of carboxylic acid groups (broad SMARTS) is 1. The number of esters is 2. The Morgan fingerprint density at radius 3 is 2.54 bits per heavy atom. The van der Waals surface area contributed by atoms with Crippen LogP contribution in [0, 0.1) is 0 Å². The number of aliphatic carboxylic acids is 1. The molecule has 1 aliphatic heterocycles. The lowest BCUT2D eigenvalue weighted by Crippen LogP contribution is -2.52. The summed E-state index contributed by atoms with van der Waals surface area (Å²) in [7, 11) is 1.07. The highest BCUT2D eigenvalue weighted by molar-refractivity contribution is 6.05. The first-order chi connectivity index (χ1) is 11.5. The predicted octanol–water partition coefficient (Wildman–Crippen LogP) is 1.37. The molecule has 7 nitrogen and oxygen atoms in total. The van der Waals surface area contributed by atoms with E-state index in [4.69, 9.17) is 4.74 Å². The van der Waals surface area contributed by atoms with Crippen LogP contribution in [0.1, 0.15) is 36.0 Å². The number of hydrogen-bond acceptors (Lipinski definition) is 6. The second kappa shape index (κ2) is 7.92. The van der Waals surface area contributed by atoms with Gasteiger partial charge in [0.1, 0.15) is 0 Å². The van der Waals surface area contributed by atoms with Gasteiger partial charge in [0.15, 0.2) is 0 Å². The minimum atomic E-state index is -2.34. The molecule has 1 unspecified atom stereocenters. The van der Waals surface area contributed by atoms with E-state index >= 15 is 0 Å². The summed E-state index contributed by atoms with van der Waals surface area (Å²) in [5.41, 5.74) is -2.17. The second-order valence-electron chi connectivity index (χ2n) is 5.71. The zero-order chi connectivity index (χ0) is 17.6. The van der Waals surface area contributed by atoms with Crippen molar-refractivity contribution >= 4 is 17.9 Å². The van der Waals surface area contributed by atoms with Crippen LogP contribution in [0.15, 0.2) is 30.3 Å². The van der Waals surface area contributed by atoms with Crippen LogP contribution >= 0.6 is 0 Å². The van der Waals surface area contributed by atoms with Gasteiger partial charge in [-0.15, -0.1) is 0 Å². The van der Waals surface area contributed by atoms with E-state index in [1.165, 1.54) is 12.1 Å². The number of benzene rings is 1. The van der Waals surface area contributed by atoms with Crippen molar-refractivity contribution in [1.29, 1.82) is 0 Å². The van der Waals surface area contributed by atoms with Gasteiger partial charge in [-0.05, 0) is 37.9 Å². The lowest BCUT2D eigenvalue weighted by atomic mass is 9.94. The molecule has 0 saturated carbocycles.